The summed E-state index contributed by atoms with van der Waals surface area (Å²) in [7, 11) is -4.41. The maximum Gasteiger partial charge on any atom is 0.292 e. The number of nitrogens with zero attached hydrogens (tertiary/aromatic N) is 1. The molecule has 9 heteroatoms. The molecule has 1 unspecified atom stereocenters. The van der Waals surface area contributed by atoms with E-state index in [0.717, 1.165) is 18.2 Å². The molecule has 118 valence electrons. The Hall–Kier alpha value is -1.58. The van der Waals surface area contributed by atoms with Gasteiger partial charge in [0.15, 0.2) is 4.90 Å². The molecule has 0 saturated carbocycles. The van der Waals surface area contributed by atoms with Crippen molar-refractivity contribution < 1.29 is 17.7 Å². The number of rotatable bonds is 5. The lowest BCUT2D eigenvalue weighted by molar-refractivity contribution is -0.388. The Balaban J connectivity index is 3.36. The van der Waals surface area contributed by atoms with Gasteiger partial charge in [0.05, 0.1) is 4.92 Å². The predicted molar refractivity (Wildman–Crippen MR) is 75.7 cm³/mol. The second-order valence-electron chi connectivity index (χ2n) is 5.62. The molecule has 0 fully saturated rings. The predicted octanol–water partition coefficient (Wildman–Crippen LogP) is 1.39. The van der Waals surface area contributed by atoms with Gasteiger partial charge >= 0.3 is 0 Å². The molecule has 0 spiro atoms. The molecule has 3 N–H and O–H groups in total. The fourth-order valence-corrected chi connectivity index (χ4v) is 3.42. The average molecular weight is 319 g/mol. The van der Waals surface area contributed by atoms with E-state index in [2.05, 4.69) is 4.72 Å². The highest BCUT2D eigenvalue weighted by Crippen LogP contribution is 2.28. The Kier molecular flexibility index (Phi) is 5.03. The minimum atomic E-state index is -4.41. The fourth-order valence-electron chi connectivity index (χ4n) is 1.73. The van der Waals surface area contributed by atoms with Gasteiger partial charge in [0, 0.05) is 18.7 Å². The lowest BCUT2D eigenvalue weighted by Gasteiger charge is -2.30. The summed E-state index contributed by atoms with van der Waals surface area (Å²) >= 11 is 0. The van der Waals surface area contributed by atoms with Crippen LogP contribution in [0, 0.1) is 21.3 Å². The van der Waals surface area contributed by atoms with E-state index < -0.39 is 42.8 Å². The van der Waals surface area contributed by atoms with Crippen molar-refractivity contribution >= 4 is 15.7 Å². The summed E-state index contributed by atoms with van der Waals surface area (Å²) in [5, 5.41) is 10.9. The van der Waals surface area contributed by atoms with Gasteiger partial charge in [-0.05, 0) is 11.5 Å². The molecule has 0 heterocycles. The highest BCUT2D eigenvalue weighted by molar-refractivity contribution is 7.89. The third kappa shape index (κ3) is 3.96. The first kappa shape index (κ1) is 17.5. The van der Waals surface area contributed by atoms with Crippen molar-refractivity contribution in [1.82, 2.24) is 4.72 Å². The maximum absolute atomic E-state index is 13.8. The topological polar surface area (TPSA) is 115 Å². The Morgan fingerprint density at radius 2 is 2.00 bits per heavy atom. The highest BCUT2D eigenvalue weighted by atomic mass is 32.2. The van der Waals surface area contributed by atoms with E-state index in [4.69, 9.17) is 5.73 Å². The van der Waals surface area contributed by atoms with Crippen LogP contribution in [0.5, 0.6) is 0 Å². The molecule has 0 saturated heterocycles. The molecule has 0 aliphatic heterocycles. The number of nitro benzene ring substituents is 1. The van der Waals surface area contributed by atoms with Crippen LogP contribution in [0.15, 0.2) is 23.1 Å². The first-order chi connectivity index (χ1) is 9.50. The quantitative estimate of drug-likeness (QED) is 0.628. The van der Waals surface area contributed by atoms with E-state index in [1.807, 2.05) is 0 Å². The van der Waals surface area contributed by atoms with Crippen molar-refractivity contribution in [1.29, 1.82) is 0 Å². The summed E-state index contributed by atoms with van der Waals surface area (Å²) in [6, 6.07) is 2.18. The standard InChI is InChI=1S/C12H18FN3O4S/c1-12(2,3)10(7-14)15-21(19,20)11-8(13)5-4-6-9(11)16(17)18/h4-6,10,15H,7,14H2,1-3H3. The van der Waals surface area contributed by atoms with Crippen LogP contribution in [0.3, 0.4) is 0 Å². The number of nitro groups is 1. The molecule has 1 atom stereocenters. The first-order valence-corrected chi connectivity index (χ1v) is 7.64. The van der Waals surface area contributed by atoms with Crippen LogP contribution in [0.1, 0.15) is 20.8 Å². The molecule has 1 rings (SSSR count). The average Bonchev–Trinajstić information content (AvgIpc) is 2.33. The maximum atomic E-state index is 13.8. The first-order valence-electron chi connectivity index (χ1n) is 6.16. The summed E-state index contributed by atoms with van der Waals surface area (Å²) in [6.45, 7) is 5.24. The van der Waals surface area contributed by atoms with Gasteiger partial charge < -0.3 is 5.73 Å². The zero-order chi connectivity index (χ0) is 16.4. The van der Waals surface area contributed by atoms with E-state index in [-0.39, 0.29) is 6.54 Å². The van der Waals surface area contributed by atoms with Crippen molar-refractivity contribution in [2.75, 3.05) is 6.54 Å². The van der Waals surface area contributed by atoms with Crippen molar-refractivity contribution in [3.05, 3.63) is 34.1 Å². The van der Waals surface area contributed by atoms with E-state index in [9.17, 15) is 22.9 Å². The second kappa shape index (κ2) is 6.04. The molecule has 0 amide bonds. The van der Waals surface area contributed by atoms with Crippen molar-refractivity contribution in [3.63, 3.8) is 0 Å². The van der Waals surface area contributed by atoms with Gasteiger partial charge in [-0.1, -0.05) is 26.8 Å². The van der Waals surface area contributed by atoms with Gasteiger partial charge in [0.2, 0.25) is 0 Å². The lowest BCUT2D eigenvalue weighted by atomic mass is 9.88. The largest absolute Gasteiger partial charge is 0.329 e. The van der Waals surface area contributed by atoms with Crippen LogP contribution in [0.4, 0.5) is 10.1 Å². The summed E-state index contributed by atoms with van der Waals surface area (Å²) in [4.78, 5) is 8.98. The molecule has 1 aromatic carbocycles. The van der Waals surface area contributed by atoms with Crippen LogP contribution in [-0.2, 0) is 10.0 Å². The summed E-state index contributed by atoms with van der Waals surface area (Å²) in [5.41, 5.74) is 4.19. The number of hydrogen-bond donors (Lipinski definition) is 2. The second-order valence-corrected chi connectivity index (χ2v) is 7.27. The molecular formula is C12H18FN3O4S. The van der Waals surface area contributed by atoms with E-state index >= 15 is 0 Å². The number of sulfonamides is 1. The third-order valence-corrected chi connectivity index (χ3v) is 4.53. The van der Waals surface area contributed by atoms with Crippen LogP contribution in [0.25, 0.3) is 0 Å². The van der Waals surface area contributed by atoms with Crippen molar-refractivity contribution in [2.45, 2.75) is 31.7 Å². The van der Waals surface area contributed by atoms with Crippen LogP contribution < -0.4 is 10.5 Å². The van der Waals surface area contributed by atoms with E-state index in [1.54, 1.807) is 20.8 Å². The van der Waals surface area contributed by atoms with Crippen LogP contribution in [-0.4, -0.2) is 25.9 Å². The van der Waals surface area contributed by atoms with Crippen LogP contribution >= 0.6 is 0 Å². The molecule has 0 aliphatic carbocycles. The van der Waals surface area contributed by atoms with E-state index in [1.165, 1.54) is 0 Å². The Morgan fingerprint density at radius 3 is 2.43 bits per heavy atom. The molecule has 0 radical (unpaired) electrons. The van der Waals surface area contributed by atoms with Gasteiger partial charge in [0.1, 0.15) is 5.82 Å². The number of hydrogen-bond acceptors (Lipinski definition) is 5. The third-order valence-electron chi connectivity index (χ3n) is 2.99. The Bertz CT molecular complexity index is 640. The van der Waals surface area contributed by atoms with Gasteiger partial charge in [-0.3, -0.25) is 10.1 Å². The Labute approximate surface area is 122 Å². The summed E-state index contributed by atoms with van der Waals surface area (Å²) in [6.07, 6.45) is 0. The zero-order valence-corrected chi connectivity index (χ0v) is 12.8. The molecule has 7 nitrogen and oxygen atoms in total. The lowest BCUT2D eigenvalue weighted by Crippen LogP contribution is -2.48. The molecule has 0 aromatic heterocycles. The van der Waals surface area contributed by atoms with E-state index in [0.29, 0.717) is 0 Å². The SMILES string of the molecule is CC(C)(C)C(CN)NS(=O)(=O)c1c(F)cccc1[N+](=O)[O-]. The van der Waals surface area contributed by atoms with Crippen molar-refractivity contribution in [3.8, 4) is 0 Å². The summed E-state index contributed by atoms with van der Waals surface area (Å²) < 4.78 is 40.6. The molecule has 21 heavy (non-hydrogen) atoms. The van der Waals surface area contributed by atoms with Crippen molar-refractivity contribution in [2.24, 2.45) is 11.1 Å². The minimum Gasteiger partial charge on any atom is -0.329 e. The van der Waals surface area contributed by atoms with Gasteiger partial charge in [-0.25, -0.2) is 17.5 Å². The monoisotopic (exact) mass is 319 g/mol. The number of halogens is 1. The molecular weight excluding hydrogens is 301 g/mol. The molecule has 0 aliphatic rings. The smallest absolute Gasteiger partial charge is 0.292 e. The summed E-state index contributed by atoms with van der Waals surface area (Å²) in [5.74, 6) is -1.18. The number of nitrogens with two attached hydrogens (primary N) is 1. The number of benzene rings is 1. The highest BCUT2D eigenvalue weighted by Gasteiger charge is 2.34. The van der Waals surface area contributed by atoms with Gasteiger partial charge in [-0.2, -0.15) is 0 Å². The fraction of sp³-hybridized carbons (Fsp3) is 0.500. The Morgan fingerprint density at radius 1 is 1.43 bits per heavy atom. The zero-order valence-electron chi connectivity index (χ0n) is 12.0. The normalized spacial score (nSPS) is 14.0. The molecule has 0 bridgehead atoms. The minimum absolute atomic E-state index is 0.0228. The van der Waals surface area contributed by atoms with Crippen LogP contribution in [0.2, 0.25) is 0 Å². The number of nitrogens with one attached hydrogen (secondary N) is 1. The van der Waals surface area contributed by atoms with Gasteiger partial charge in [-0.15, -0.1) is 0 Å². The van der Waals surface area contributed by atoms with Gasteiger partial charge in [0.25, 0.3) is 15.7 Å². The molecule has 1 aromatic rings.